The third kappa shape index (κ3) is 4.58. The first-order valence-corrected chi connectivity index (χ1v) is 14.4. The summed E-state index contributed by atoms with van der Waals surface area (Å²) < 4.78 is 21.2. The van der Waals surface area contributed by atoms with Crippen molar-refractivity contribution in [3.05, 3.63) is 27.5 Å². The van der Waals surface area contributed by atoms with Crippen molar-refractivity contribution < 1.29 is 13.9 Å². The molecule has 1 saturated heterocycles. The number of ether oxygens (including phenoxy) is 1. The van der Waals surface area contributed by atoms with Gasteiger partial charge in [0, 0.05) is 24.4 Å². The summed E-state index contributed by atoms with van der Waals surface area (Å²) in [6.45, 7) is 3.01. The molecule has 2 bridgehead atoms. The van der Waals surface area contributed by atoms with Crippen LogP contribution in [0.3, 0.4) is 0 Å². The first-order valence-electron chi connectivity index (χ1n) is 12.3. The largest absolute Gasteiger partial charge is 0.380 e. The highest BCUT2D eigenvalue weighted by Gasteiger charge is 2.47. The second-order valence-corrected chi connectivity index (χ2v) is 11.3. The molecule has 3 aliphatic carbocycles. The maximum atomic E-state index is 15.6. The molecule has 1 aromatic heterocycles. The first-order chi connectivity index (χ1) is 17.4. The predicted molar refractivity (Wildman–Crippen MR) is 142 cm³/mol. The van der Waals surface area contributed by atoms with E-state index >= 15 is 4.39 Å². The summed E-state index contributed by atoms with van der Waals surface area (Å²) in [5, 5.41) is 14.2. The van der Waals surface area contributed by atoms with Gasteiger partial charge in [-0.25, -0.2) is 9.37 Å². The number of fused-ring (bicyclic) bond motifs is 2. The summed E-state index contributed by atoms with van der Waals surface area (Å²) in [7, 11) is 0. The van der Waals surface area contributed by atoms with Crippen molar-refractivity contribution in [3.8, 4) is 17.9 Å². The lowest BCUT2D eigenvalue weighted by atomic mass is 9.78. The third-order valence-electron chi connectivity index (χ3n) is 7.64. The number of thioether (sulfide) groups is 1. The maximum Gasteiger partial charge on any atom is 0.249 e. The van der Waals surface area contributed by atoms with Crippen molar-refractivity contribution in [2.75, 3.05) is 31.3 Å². The Morgan fingerprint density at radius 1 is 1.42 bits per heavy atom. The van der Waals surface area contributed by atoms with Crippen LogP contribution in [-0.2, 0) is 16.0 Å². The number of carbonyl (C=O) groups excluding carboxylic acids is 1. The smallest absolute Gasteiger partial charge is 0.249 e. The van der Waals surface area contributed by atoms with E-state index in [4.69, 9.17) is 15.0 Å². The van der Waals surface area contributed by atoms with Gasteiger partial charge in [-0.05, 0) is 78.3 Å². The van der Waals surface area contributed by atoms with Gasteiger partial charge in [-0.15, -0.1) is 11.8 Å². The van der Waals surface area contributed by atoms with Crippen LogP contribution in [0.1, 0.15) is 43.7 Å². The van der Waals surface area contributed by atoms with Gasteiger partial charge in [-0.1, -0.05) is 11.8 Å². The Morgan fingerprint density at radius 2 is 2.19 bits per heavy atom. The molecule has 4 atom stereocenters. The lowest BCUT2D eigenvalue weighted by molar-refractivity contribution is -0.143. The van der Waals surface area contributed by atoms with Crippen molar-refractivity contribution >= 4 is 50.2 Å². The summed E-state index contributed by atoms with van der Waals surface area (Å²) in [5.74, 6) is 7.36. The van der Waals surface area contributed by atoms with E-state index in [9.17, 15) is 4.79 Å². The van der Waals surface area contributed by atoms with Crippen LogP contribution in [0, 0.1) is 40.8 Å². The Bertz CT molecular complexity index is 1300. The maximum absolute atomic E-state index is 15.6. The second-order valence-electron chi connectivity index (χ2n) is 9.68. The zero-order valence-electron chi connectivity index (χ0n) is 20.4. The van der Waals surface area contributed by atoms with Gasteiger partial charge in [0.05, 0.1) is 34.4 Å². The number of morpholine rings is 1. The number of benzene rings is 1. The molecule has 1 aromatic carbocycles. The van der Waals surface area contributed by atoms with Gasteiger partial charge >= 0.3 is 0 Å². The van der Waals surface area contributed by atoms with E-state index in [1.165, 1.54) is 31.0 Å². The number of halogens is 2. The molecule has 3 saturated carbocycles. The summed E-state index contributed by atoms with van der Waals surface area (Å²) in [6, 6.07) is 4.16. The molecule has 6 nitrogen and oxygen atoms in total. The lowest BCUT2D eigenvalue weighted by Crippen LogP contribution is -2.46. The summed E-state index contributed by atoms with van der Waals surface area (Å²) in [6.07, 6.45) is 6.32. The highest BCUT2D eigenvalue weighted by atomic mass is 79.9. The number of nitriles is 1. The summed E-state index contributed by atoms with van der Waals surface area (Å²) in [4.78, 5) is 18.7. The molecule has 0 unspecified atom stereocenters. The van der Waals surface area contributed by atoms with Crippen molar-refractivity contribution in [1.29, 1.82) is 5.26 Å². The molecule has 2 aromatic rings. The van der Waals surface area contributed by atoms with Gasteiger partial charge in [0.15, 0.2) is 5.82 Å². The van der Waals surface area contributed by atoms with Crippen LogP contribution in [-0.4, -0.2) is 53.9 Å². The molecule has 0 spiro atoms. The van der Waals surface area contributed by atoms with E-state index in [1.54, 1.807) is 4.90 Å². The number of anilines is 1. The highest BCUT2D eigenvalue weighted by molar-refractivity contribution is 9.10. The highest BCUT2D eigenvalue weighted by Crippen LogP contribution is 2.51. The standard InChI is InChI=1S/C27H28BrFN4O2S/c1-15(33-10-11-35-14-21(33)34)5-8-19-25(31-24-17-6-7-18(24)12-17)20-13-16(4-3-9-30)22(28)23(29)26(20)32-27(19)36-2/h13,15,17-18,24H,3-4,6-7,10-12,14H2,1-2H3,(H,31,32)/t15-,17-,18+,24-/m1/s1. The Hall–Kier alpha value is -2.33. The number of amides is 1. The fourth-order valence-corrected chi connectivity index (χ4v) is 6.69. The van der Waals surface area contributed by atoms with Gasteiger partial charge in [0.1, 0.15) is 17.1 Å². The molecule has 188 valence electrons. The number of rotatable bonds is 6. The predicted octanol–water partition coefficient (Wildman–Crippen LogP) is 5.12. The third-order valence-corrected chi connectivity index (χ3v) is 9.18. The van der Waals surface area contributed by atoms with Crippen LogP contribution in [0.4, 0.5) is 10.1 Å². The number of carbonyl (C=O) groups is 1. The number of nitrogens with one attached hydrogen (secondary N) is 1. The molecule has 1 N–H and O–H groups in total. The summed E-state index contributed by atoms with van der Waals surface area (Å²) >= 11 is 4.83. The average molecular weight is 572 g/mol. The van der Waals surface area contributed by atoms with E-state index < -0.39 is 5.82 Å². The van der Waals surface area contributed by atoms with Crippen LogP contribution < -0.4 is 5.32 Å². The minimum absolute atomic E-state index is 0.0665. The van der Waals surface area contributed by atoms with Crippen molar-refractivity contribution in [3.63, 3.8) is 0 Å². The van der Waals surface area contributed by atoms with E-state index in [-0.39, 0.29) is 18.6 Å². The molecule has 4 aliphatic rings. The van der Waals surface area contributed by atoms with Crippen LogP contribution in [0.5, 0.6) is 0 Å². The number of aromatic nitrogens is 1. The zero-order chi connectivity index (χ0) is 25.4. The van der Waals surface area contributed by atoms with Crippen molar-refractivity contribution in [2.24, 2.45) is 11.8 Å². The van der Waals surface area contributed by atoms with Gasteiger partial charge in [0.25, 0.3) is 0 Å². The molecule has 9 heteroatoms. The Kier molecular flexibility index (Phi) is 7.44. The number of pyridine rings is 1. The Morgan fingerprint density at radius 3 is 2.86 bits per heavy atom. The normalized spacial score (nSPS) is 23.6. The van der Waals surface area contributed by atoms with Crippen molar-refractivity contribution in [2.45, 2.75) is 56.1 Å². The minimum Gasteiger partial charge on any atom is -0.380 e. The number of hydrogen-bond acceptors (Lipinski definition) is 6. The fourth-order valence-electron chi connectivity index (χ4n) is 5.64. The van der Waals surface area contributed by atoms with Crippen LogP contribution in [0.15, 0.2) is 15.6 Å². The number of nitrogens with zero attached hydrogens (tertiary/aromatic N) is 3. The fraction of sp³-hybridized carbons (Fsp3) is 0.519. The SMILES string of the molecule is CSc1nc2c(F)c(Br)c(CCC#N)cc2c(N[C@@H]2[C@@H]3CC[C@H]2C3)c1C#C[C@@H](C)N1CCOCC1=O. The number of aryl methyl sites for hydroxylation is 1. The van der Waals surface area contributed by atoms with E-state index in [0.29, 0.717) is 64.3 Å². The van der Waals surface area contributed by atoms with Gasteiger partial charge in [0.2, 0.25) is 5.91 Å². The zero-order valence-corrected chi connectivity index (χ0v) is 22.8. The molecule has 1 aliphatic heterocycles. The molecule has 36 heavy (non-hydrogen) atoms. The van der Waals surface area contributed by atoms with E-state index in [0.717, 1.165) is 16.8 Å². The molecule has 2 heterocycles. The second kappa shape index (κ2) is 10.6. The topological polar surface area (TPSA) is 78.2 Å². The molecule has 1 amide bonds. The van der Waals surface area contributed by atoms with Crippen LogP contribution in [0.25, 0.3) is 10.9 Å². The summed E-state index contributed by atoms with van der Waals surface area (Å²) in [5.41, 5.74) is 2.58. The van der Waals surface area contributed by atoms with Crippen LogP contribution >= 0.6 is 27.7 Å². The van der Waals surface area contributed by atoms with Gasteiger partial charge in [-0.2, -0.15) is 5.26 Å². The monoisotopic (exact) mass is 570 g/mol. The Balaban J connectivity index is 1.64. The average Bonchev–Trinajstić information content (AvgIpc) is 3.52. The minimum atomic E-state index is -0.415. The van der Waals surface area contributed by atoms with Gasteiger partial charge < -0.3 is 15.0 Å². The number of hydrogen-bond donors (Lipinski definition) is 1. The molecular formula is C27H28BrFN4O2S. The van der Waals surface area contributed by atoms with E-state index in [2.05, 4.69) is 39.2 Å². The first kappa shape index (κ1) is 25.3. The Labute approximate surface area is 223 Å². The lowest BCUT2D eigenvalue weighted by Gasteiger charge is -2.38. The quantitative estimate of drug-likeness (QED) is 0.383. The molecular weight excluding hydrogens is 543 g/mol. The molecule has 4 fully saturated rings. The van der Waals surface area contributed by atoms with E-state index in [1.807, 2.05) is 19.2 Å². The molecule has 6 rings (SSSR count). The molecule has 0 radical (unpaired) electrons. The van der Waals surface area contributed by atoms with Crippen LogP contribution in [0.2, 0.25) is 0 Å². The van der Waals surface area contributed by atoms with Crippen molar-refractivity contribution in [1.82, 2.24) is 9.88 Å². The van der Waals surface area contributed by atoms with Gasteiger partial charge in [-0.3, -0.25) is 4.79 Å².